The van der Waals surface area contributed by atoms with E-state index in [1.54, 1.807) is 11.3 Å². The topological polar surface area (TPSA) is 12.9 Å². The quantitative estimate of drug-likeness (QED) is 0.792. The zero-order valence-electron chi connectivity index (χ0n) is 8.11. The van der Waals surface area contributed by atoms with Crippen LogP contribution in [0.1, 0.15) is 24.3 Å². The third-order valence-corrected chi connectivity index (χ3v) is 4.37. The molecule has 0 aliphatic heterocycles. The number of aromatic nitrogens is 1. The van der Waals surface area contributed by atoms with Crippen LogP contribution in [0.4, 0.5) is 0 Å². The Balaban J connectivity index is 2.10. The first-order valence-electron chi connectivity index (χ1n) is 5.04. The molecule has 3 heteroatoms. The molecule has 15 heavy (non-hydrogen) atoms. The monoisotopic (exact) mass is 279 g/mol. The molecule has 0 unspecified atom stereocenters. The fourth-order valence-electron chi connectivity index (χ4n) is 1.82. The van der Waals surface area contributed by atoms with Gasteiger partial charge >= 0.3 is 0 Å². The van der Waals surface area contributed by atoms with E-state index in [0.717, 1.165) is 5.92 Å². The van der Waals surface area contributed by atoms with Crippen LogP contribution >= 0.6 is 27.3 Å². The predicted octanol–water partition coefficient (Wildman–Crippen LogP) is 4.45. The zero-order chi connectivity index (χ0) is 10.3. The Morgan fingerprint density at radius 3 is 2.80 bits per heavy atom. The fraction of sp³-hybridized carbons (Fsp3) is 0.250. The second-order valence-corrected chi connectivity index (χ2v) is 6.30. The zero-order valence-corrected chi connectivity index (χ0v) is 10.5. The molecule has 0 N–H and O–H groups in total. The number of hydrogen-bond donors (Lipinski definition) is 0. The van der Waals surface area contributed by atoms with Crippen molar-refractivity contribution >= 4 is 27.3 Å². The summed E-state index contributed by atoms with van der Waals surface area (Å²) in [5.74, 6) is 0.781. The predicted molar refractivity (Wildman–Crippen MR) is 67.2 cm³/mol. The molecule has 0 spiro atoms. The number of hydrogen-bond acceptors (Lipinski definition) is 2. The van der Waals surface area contributed by atoms with Gasteiger partial charge in [-0.15, -0.1) is 11.3 Å². The lowest BCUT2D eigenvalue weighted by Crippen LogP contribution is -1.86. The molecule has 2 aromatic heterocycles. The van der Waals surface area contributed by atoms with E-state index in [9.17, 15) is 0 Å². The molecule has 0 aromatic carbocycles. The summed E-state index contributed by atoms with van der Waals surface area (Å²) in [5.41, 5.74) is 2.79. The average molecular weight is 280 g/mol. The highest BCUT2D eigenvalue weighted by atomic mass is 79.9. The Morgan fingerprint density at radius 2 is 2.13 bits per heavy atom. The second kappa shape index (κ2) is 3.72. The maximum absolute atomic E-state index is 4.23. The highest BCUT2D eigenvalue weighted by molar-refractivity contribution is 9.11. The summed E-state index contributed by atoms with van der Waals surface area (Å²) in [7, 11) is 0. The maximum atomic E-state index is 4.23. The molecule has 0 radical (unpaired) electrons. The summed E-state index contributed by atoms with van der Waals surface area (Å²) < 4.78 is 1.18. The number of thiophene rings is 1. The first-order valence-corrected chi connectivity index (χ1v) is 6.65. The van der Waals surface area contributed by atoms with Crippen molar-refractivity contribution in [1.82, 2.24) is 4.98 Å². The van der Waals surface area contributed by atoms with Gasteiger partial charge in [0.05, 0.1) is 3.79 Å². The Hall–Kier alpha value is -0.670. The minimum atomic E-state index is 0.781. The maximum Gasteiger partial charge on any atom is 0.0705 e. The van der Waals surface area contributed by atoms with E-state index in [0.29, 0.717) is 0 Å². The van der Waals surface area contributed by atoms with Crippen LogP contribution in [0.5, 0.6) is 0 Å². The molecule has 1 aliphatic carbocycles. The fourth-order valence-corrected chi connectivity index (χ4v) is 3.24. The Morgan fingerprint density at radius 1 is 1.27 bits per heavy atom. The van der Waals surface area contributed by atoms with Crippen molar-refractivity contribution in [2.45, 2.75) is 18.8 Å². The van der Waals surface area contributed by atoms with Crippen molar-refractivity contribution in [3.63, 3.8) is 0 Å². The highest BCUT2D eigenvalue weighted by Gasteiger charge is 2.26. The Kier molecular flexibility index (Phi) is 2.37. The molecular weight excluding hydrogens is 270 g/mol. The number of halogens is 1. The van der Waals surface area contributed by atoms with Gasteiger partial charge in [0.1, 0.15) is 0 Å². The first-order chi connectivity index (χ1) is 7.34. The second-order valence-electron chi connectivity index (χ2n) is 3.84. The largest absolute Gasteiger partial charge is 0.264 e. The summed E-state index contributed by atoms with van der Waals surface area (Å²) in [5, 5.41) is 0. The molecule has 1 saturated carbocycles. The number of pyridine rings is 1. The molecule has 1 fully saturated rings. The van der Waals surface area contributed by atoms with Crippen LogP contribution in [-0.2, 0) is 0 Å². The van der Waals surface area contributed by atoms with E-state index in [4.69, 9.17) is 0 Å². The molecule has 2 heterocycles. The third-order valence-electron chi connectivity index (χ3n) is 2.71. The van der Waals surface area contributed by atoms with Crippen LogP contribution in [0.3, 0.4) is 0 Å². The molecule has 1 nitrogen and oxygen atoms in total. The minimum Gasteiger partial charge on any atom is -0.264 e. The van der Waals surface area contributed by atoms with Crippen LogP contribution in [0.15, 0.2) is 34.4 Å². The van der Waals surface area contributed by atoms with E-state index >= 15 is 0 Å². The molecule has 0 atom stereocenters. The van der Waals surface area contributed by atoms with Crippen molar-refractivity contribution < 1.29 is 0 Å². The first kappa shape index (κ1) is 9.55. The third kappa shape index (κ3) is 1.86. The lowest BCUT2D eigenvalue weighted by molar-refractivity contribution is 1.11. The summed E-state index contributed by atoms with van der Waals surface area (Å²) in [6.07, 6.45) is 6.57. The standard InChI is InChI=1S/C12H10BrNS/c13-12-4-3-11(15-12)10-7-14-6-5-9(10)8-1-2-8/h3-8H,1-2H2. The average Bonchev–Trinajstić information content (AvgIpc) is 3.02. The molecular formula is C12H10BrNS. The van der Waals surface area contributed by atoms with Gasteiger partial charge in [0.25, 0.3) is 0 Å². The van der Waals surface area contributed by atoms with Crippen molar-refractivity contribution in [3.8, 4) is 10.4 Å². The van der Waals surface area contributed by atoms with Crippen molar-refractivity contribution in [1.29, 1.82) is 0 Å². The van der Waals surface area contributed by atoms with Gasteiger partial charge in [0.15, 0.2) is 0 Å². The Bertz CT molecular complexity index is 488. The minimum absolute atomic E-state index is 0.781. The van der Waals surface area contributed by atoms with Gasteiger partial charge in [0.2, 0.25) is 0 Å². The van der Waals surface area contributed by atoms with Gasteiger partial charge in [0, 0.05) is 22.8 Å². The Labute approximate surface area is 101 Å². The lowest BCUT2D eigenvalue weighted by Gasteiger charge is -2.04. The number of nitrogens with zero attached hydrogens (tertiary/aromatic N) is 1. The highest BCUT2D eigenvalue weighted by Crippen LogP contribution is 2.45. The van der Waals surface area contributed by atoms with Crippen LogP contribution in [0, 0.1) is 0 Å². The molecule has 1 aliphatic rings. The summed E-state index contributed by atoms with van der Waals surface area (Å²) in [6, 6.07) is 6.43. The van der Waals surface area contributed by atoms with E-state index < -0.39 is 0 Å². The molecule has 76 valence electrons. The van der Waals surface area contributed by atoms with Crippen LogP contribution in [0.25, 0.3) is 10.4 Å². The van der Waals surface area contributed by atoms with Crippen LogP contribution < -0.4 is 0 Å². The summed E-state index contributed by atoms with van der Waals surface area (Å²) in [4.78, 5) is 5.55. The van der Waals surface area contributed by atoms with E-state index in [1.165, 1.54) is 32.6 Å². The van der Waals surface area contributed by atoms with Crippen molar-refractivity contribution in [3.05, 3.63) is 39.9 Å². The van der Waals surface area contributed by atoms with Gasteiger partial charge < -0.3 is 0 Å². The van der Waals surface area contributed by atoms with E-state index in [1.807, 2.05) is 12.4 Å². The van der Waals surface area contributed by atoms with Crippen molar-refractivity contribution in [2.24, 2.45) is 0 Å². The summed E-state index contributed by atoms with van der Waals surface area (Å²) >= 11 is 5.28. The van der Waals surface area contributed by atoms with E-state index in [2.05, 4.69) is 39.1 Å². The van der Waals surface area contributed by atoms with Gasteiger partial charge in [-0.05, 0) is 58.5 Å². The van der Waals surface area contributed by atoms with Gasteiger partial charge in [-0.2, -0.15) is 0 Å². The van der Waals surface area contributed by atoms with Crippen LogP contribution in [0.2, 0.25) is 0 Å². The molecule has 2 aromatic rings. The van der Waals surface area contributed by atoms with Crippen molar-refractivity contribution in [2.75, 3.05) is 0 Å². The van der Waals surface area contributed by atoms with Gasteiger partial charge in [-0.1, -0.05) is 0 Å². The SMILES string of the molecule is Brc1ccc(-c2cnccc2C2CC2)s1. The smallest absolute Gasteiger partial charge is 0.0705 e. The number of rotatable bonds is 2. The van der Waals surface area contributed by atoms with Crippen LogP contribution in [-0.4, -0.2) is 4.98 Å². The van der Waals surface area contributed by atoms with Gasteiger partial charge in [-0.25, -0.2) is 0 Å². The molecule has 0 saturated heterocycles. The normalized spacial score (nSPS) is 15.5. The van der Waals surface area contributed by atoms with Gasteiger partial charge in [-0.3, -0.25) is 4.98 Å². The lowest BCUT2D eigenvalue weighted by atomic mass is 10.1. The molecule has 3 rings (SSSR count). The summed E-state index contributed by atoms with van der Waals surface area (Å²) in [6.45, 7) is 0. The van der Waals surface area contributed by atoms with E-state index in [-0.39, 0.29) is 0 Å². The molecule has 0 amide bonds. The molecule has 0 bridgehead atoms.